The molecule has 1 heterocycles. The number of benzene rings is 2. The quantitative estimate of drug-likeness (QED) is 0.325. The SMILES string of the molecule is CC1C2C=CC=CC2=CC[C@H]1CN1CC/C=C(/C2CCCCC2)c2ccccc2N(c2ccc(NC(=O)[C@@H](N)C(C)C)cc2)C1=O. The van der Waals surface area contributed by atoms with Gasteiger partial charge < -0.3 is 16.0 Å². The molecule has 3 aliphatic carbocycles. The number of amides is 3. The summed E-state index contributed by atoms with van der Waals surface area (Å²) < 4.78 is 0. The lowest BCUT2D eigenvalue weighted by Crippen LogP contribution is -2.45. The number of rotatable bonds is 7. The number of hydrogen-bond donors (Lipinski definition) is 2. The van der Waals surface area contributed by atoms with Crippen LogP contribution in [0.5, 0.6) is 0 Å². The van der Waals surface area contributed by atoms with Crippen molar-refractivity contribution < 1.29 is 9.59 Å². The molecule has 2 aromatic rings. The van der Waals surface area contributed by atoms with Gasteiger partial charge in [-0.1, -0.05) is 94.7 Å². The second-order valence-corrected chi connectivity index (χ2v) is 14.0. The van der Waals surface area contributed by atoms with Crippen molar-refractivity contribution in [2.75, 3.05) is 23.3 Å². The molecule has 4 atom stereocenters. The largest absolute Gasteiger partial charge is 0.329 e. The van der Waals surface area contributed by atoms with E-state index in [1.54, 1.807) is 0 Å². The zero-order valence-electron chi connectivity index (χ0n) is 27.7. The van der Waals surface area contributed by atoms with Crippen molar-refractivity contribution in [1.82, 2.24) is 4.90 Å². The van der Waals surface area contributed by atoms with Crippen LogP contribution in [0.3, 0.4) is 0 Å². The Morgan fingerprint density at radius 2 is 1.76 bits per heavy atom. The van der Waals surface area contributed by atoms with Gasteiger partial charge in [0.1, 0.15) is 0 Å². The Labute approximate surface area is 275 Å². The van der Waals surface area contributed by atoms with Gasteiger partial charge >= 0.3 is 6.03 Å². The Bertz CT molecular complexity index is 1530. The smallest absolute Gasteiger partial charge is 0.325 e. The summed E-state index contributed by atoms with van der Waals surface area (Å²) in [5.41, 5.74) is 12.4. The Balaban J connectivity index is 1.36. The maximum Gasteiger partial charge on any atom is 0.329 e. The van der Waals surface area contributed by atoms with Crippen LogP contribution in [0.25, 0.3) is 5.57 Å². The van der Waals surface area contributed by atoms with Gasteiger partial charge in [0, 0.05) is 30.3 Å². The molecule has 0 spiro atoms. The number of para-hydroxylation sites is 1. The number of fused-ring (bicyclic) bond motifs is 2. The summed E-state index contributed by atoms with van der Waals surface area (Å²) in [6, 6.07) is 15.5. The number of anilines is 3. The fourth-order valence-corrected chi connectivity index (χ4v) is 7.75. The summed E-state index contributed by atoms with van der Waals surface area (Å²) in [4.78, 5) is 31.6. The maximum absolute atomic E-state index is 14.9. The monoisotopic (exact) mass is 618 g/mol. The van der Waals surface area contributed by atoms with Crippen LogP contribution in [0, 0.1) is 29.6 Å². The fraction of sp³-hybridized carbons (Fsp3) is 0.450. The Kier molecular flexibility index (Phi) is 9.93. The van der Waals surface area contributed by atoms with E-state index in [9.17, 15) is 9.59 Å². The molecule has 0 bridgehead atoms. The van der Waals surface area contributed by atoms with Crippen molar-refractivity contribution in [3.05, 3.63) is 96.1 Å². The van der Waals surface area contributed by atoms with Crippen LogP contribution >= 0.6 is 0 Å². The zero-order chi connectivity index (χ0) is 32.2. The van der Waals surface area contributed by atoms with Crippen LogP contribution in [-0.2, 0) is 4.79 Å². The van der Waals surface area contributed by atoms with Crippen LogP contribution in [0.15, 0.2) is 90.6 Å². The van der Waals surface area contributed by atoms with E-state index < -0.39 is 6.04 Å². The highest BCUT2D eigenvalue weighted by atomic mass is 16.2. The lowest BCUT2D eigenvalue weighted by molar-refractivity contribution is -0.118. The number of hydrogen-bond acceptors (Lipinski definition) is 3. The first-order valence-corrected chi connectivity index (χ1v) is 17.4. The average Bonchev–Trinajstić information content (AvgIpc) is 3.13. The van der Waals surface area contributed by atoms with Crippen molar-refractivity contribution in [3.8, 4) is 0 Å². The highest BCUT2D eigenvalue weighted by Crippen LogP contribution is 2.43. The lowest BCUT2D eigenvalue weighted by Gasteiger charge is -2.39. The van der Waals surface area contributed by atoms with Crippen molar-refractivity contribution in [2.45, 2.75) is 71.8 Å². The van der Waals surface area contributed by atoms with Crippen LogP contribution < -0.4 is 16.0 Å². The summed E-state index contributed by atoms with van der Waals surface area (Å²) in [5.74, 6) is 1.55. The van der Waals surface area contributed by atoms with Gasteiger partial charge in [0.15, 0.2) is 0 Å². The first-order valence-electron chi connectivity index (χ1n) is 17.4. The summed E-state index contributed by atoms with van der Waals surface area (Å²) in [7, 11) is 0. The van der Waals surface area contributed by atoms with Crippen LogP contribution in [-0.4, -0.2) is 36.0 Å². The number of allylic oxidation sites excluding steroid dienone is 7. The van der Waals surface area contributed by atoms with Gasteiger partial charge in [-0.05, 0) is 90.8 Å². The Hall–Kier alpha value is -3.90. The van der Waals surface area contributed by atoms with E-state index in [1.807, 2.05) is 49.1 Å². The predicted molar refractivity (Wildman–Crippen MR) is 190 cm³/mol. The molecular formula is C40H50N4O2. The highest BCUT2D eigenvalue weighted by molar-refractivity contribution is 6.03. The van der Waals surface area contributed by atoms with Gasteiger partial charge in [-0.2, -0.15) is 0 Å². The van der Waals surface area contributed by atoms with Crippen molar-refractivity contribution in [2.24, 2.45) is 35.3 Å². The molecule has 6 nitrogen and oxygen atoms in total. The first kappa shape index (κ1) is 32.1. The molecule has 0 radical (unpaired) electrons. The Morgan fingerprint density at radius 3 is 2.52 bits per heavy atom. The first-order chi connectivity index (χ1) is 22.3. The van der Waals surface area contributed by atoms with E-state index in [4.69, 9.17) is 5.73 Å². The minimum absolute atomic E-state index is 0.00502. The number of carbonyl (C=O) groups is 2. The van der Waals surface area contributed by atoms with Crippen LogP contribution in [0.2, 0.25) is 0 Å². The van der Waals surface area contributed by atoms with E-state index in [0.717, 1.165) is 29.8 Å². The van der Waals surface area contributed by atoms with Crippen molar-refractivity contribution in [3.63, 3.8) is 0 Å². The lowest BCUT2D eigenvalue weighted by atomic mass is 9.71. The maximum atomic E-state index is 14.9. The van der Waals surface area contributed by atoms with E-state index in [0.29, 0.717) is 42.4 Å². The molecule has 0 saturated heterocycles. The van der Waals surface area contributed by atoms with Crippen molar-refractivity contribution >= 4 is 34.6 Å². The molecule has 3 amide bonds. The molecule has 242 valence electrons. The molecule has 46 heavy (non-hydrogen) atoms. The summed E-state index contributed by atoms with van der Waals surface area (Å²) in [6.07, 6.45) is 21.7. The van der Waals surface area contributed by atoms with Gasteiger partial charge in [0.25, 0.3) is 0 Å². The molecule has 1 aliphatic heterocycles. The second-order valence-electron chi connectivity index (χ2n) is 14.0. The Morgan fingerprint density at radius 1 is 1.00 bits per heavy atom. The van der Waals surface area contributed by atoms with E-state index in [2.05, 4.69) is 71.8 Å². The highest BCUT2D eigenvalue weighted by Gasteiger charge is 2.35. The van der Waals surface area contributed by atoms with E-state index in [1.165, 1.54) is 43.3 Å². The molecular weight excluding hydrogens is 568 g/mol. The zero-order valence-corrected chi connectivity index (χ0v) is 27.7. The van der Waals surface area contributed by atoms with E-state index >= 15 is 0 Å². The number of nitrogens with one attached hydrogen (secondary N) is 1. The number of nitrogens with two attached hydrogens (primary N) is 1. The van der Waals surface area contributed by atoms with Gasteiger partial charge in [0.05, 0.1) is 17.4 Å². The second kappa shape index (κ2) is 14.3. The molecule has 3 N–H and O–H groups in total. The molecule has 6 heteroatoms. The molecule has 2 aromatic carbocycles. The molecule has 0 aromatic heterocycles. The molecule has 6 rings (SSSR count). The topological polar surface area (TPSA) is 78.7 Å². The summed E-state index contributed by atoms with van der Waals surface area (Å²) in [6.45, 7) is 7.62. The van der Waals surface area contributed by atoms with Gasteiger partial charge in [0.2, 0.25) is 5.91 Å². The average molecular weight is 619 g/mol. The fourth-order valence-electron chi connectivity index (χ4n) is 7.75. The predicted octanol–water partition coefficient (Wildman–Crippen LogP) is 8.86. The molecule has 2 unspecified atom stereocenters. The van der Waals surface area contributed by atoms with Gasteiger partial charge in [-0.3, -0.25) is 9.69 Å². The third-order valence-corrected chi connectivity index (χ3v) is 10.7. The number of carbonyl (C=O) groups excluding carboxylic acids is 2. The standard InChI is InChI=1S/C40H50N4O2/c1-27(2)38(41)39(45)42-32-21-23-33(24-22-32)44-37-18-10-9-16-36(37)35(29-12-5-4-6-13-29)17-11-25-43(40(44)46)26-31-20-19-30-14-7-8-15-34(30)28(31)3/h7-10,14-19,21-24,27-29,31,34,38H,4-6,11-13,20,25-26,41H2,1-3H3,(H,42,45)/b35-17-/t28?,31-,34?,38-/m0/s1. The third kappa shape index (κ3) is 6.78. The minimum atomic E-state index is -0.585. The molecule has 1 fully saturated rings. The van der Waals surface area contributed by atoms with Gasteiger partial charge in [-0.15, -0.1) is 0 Å². The van der Waals surface area contributed by atoms with Crippen molar-refractivity contribution in [1.29, 1.82) is 0 Å². The van der Waals surface area contributed by atoms with Crippen LogP contribution in [0.4, 0.5) is 21.9 Å². The normalized spacial score (nSPS) is 25.4. The van der Waals surface area contributed by atoms with Crippen LogP contribution in [0.1, 0.15) is 71.3 Å². The molecule has 1 saturated carbocycles. The summed E-state index contributed by atoms with van der Waals surface area (Å²) >= 11 is 0. The van der Waals surface area contributed by atoms with E-state index in [-0.39, 0.29) is 17.9 Å². The number of nitrogens with zero attached hydrogens (tertiary/aromatic N) is 2. The minimum Gasteiger partial charge on any atom is -0.325 e. The van der Waals surface area contributed by atoms with Gasteiger partial charge in [-0.25, -0.2) is 4.79 Å². The molecule has 4 aliphatic rings. The summed E-state index contributed by atoms with van der Waals surface area (Å²) in [5, 5.41) is 2.95. The number of urea groups is 1. The third-order valence-electron chi connectivity index (χ3n) is 10.7.